The molecule has 0 aromatic carbocycles. The SMILES string of the molecule is CC(C)[C@H](C)n1nccc1NC(=O)Cc1nc(-c2ccncc2)n[nH]1. The van der Waals surface area contributed by atoms with Gasteiger partial charge in [0.15, 0.2) is 5.82 Å². The first-order chi connectivity index (χ1) is 12.0. The van der Waals surface area contributed by atoms with Gasteiger partial charge in [0, 0.05) is 24.0 Å². The van der Waals surface area contributed by atoms with Gasteiger partial charge >= 0.3 is 0 Å². The van der Waals surface area contributed by atoms with Crippen molar-refractivity contribution in [2.24, 2.45) is 5.92 Å². The summed E-state index contributed by atoms with van der Waals surface area (Å²) in [5, 5.41) is 14.1. The monoisotopic (exact) mass is 339 g/mol. The molecule has 3 rings (SSSR count). The summed E-state index contributed by atoms with van der Waals surface area (Å²) in [6.45, 7) is 6.31. The van der Waals surface area contributed by atoms with Gasteiger partial charge < -0.3 is 5.32 Å². The smallest absolute Gasteiger partial charge is 0.233 e. The van der Waals surface area contributed by atoms with Gasteiger partial charge in [0.2, 0.25) is 5.91 Å². The quantitative estimate of drug-likeness (QED) is 0.718. The Kier molecular flexibility index (Phi) is 4.87. The minimum Gasteiger partial charge on any atom is -0.311 e. The Morgan fingerprint density at radius 2 is 1.96 bits per heavy atom. The van der Waals surface area contributed by atoms with Crippen molar-refractivity contribution in [1.29, 1.82) is 0 Å². The van der Waals surface area contributed by atoms with Crippen molar-refractivity contribution in [1.82, 2.24) is 29.9 Å². The van der Waals surface area contributed by atoms with Crippen LogP contribution in [0.1, 0.15) is 32.6 Å². The zero-order chi connectivity index (χ0) is 17.8. The van der Waals surface area contributed by atoms with Gasteiger partial charge in [-0.3, -0.25) is 14.9 Å². The largest absolute Gasteiger partial charge is 0.311 e. The highest BCUT2D eigenvalue weighted by Gasteiger charge is 2.16. The van der Waals surface area contributed by atoms with Crippen molar-refractivity contribution in [3.8, 4) is 11.4 Å². The molecule has 130 valence electrons. The fraction of sp³-hybridized carbons (Fsp3) is 0.353. The lowest BCUT2D eigenvalue weighted by Crippen LogP contribution is -2.21. The Morgan fingerprint density at radius 3 is 2.68 bits per heavy atom. The van der Waals surface area contributed by atoms with E-state index < -0.39 is 0 Å². The van der Waals surface area contributed by atoms with Gasteiger partial charge in [-0.05, 0) is 25.0 Å². The van der Waals surface area contributed by atoms with E-state index in [1.165, 1.54) is 0 Å². The van der Waals surface area contributed by atoms with Crippen LogP contribution in [0.4, 0.5) is 5.82 Å². The van der Waals surface area contributed by atoms with Gasteiger partial charge in [0.05, 0.1) is 18.7 Å². The molecule has 8 nitrogen and oxygen atoms in total. The van der Waals surface area contributed by atoms with Crippen LogP contribution in [0.25, 0.3) is 11.4 Å². The summed E-state index contributed by atoms with van der Waals surface area (Å²) in [6, 6.07) is 5.62. The van der Waals surface area contributed by atoms with Gasteiger partial charge in [-0.15, -0.1) is 0 Å². The summed E-state index contributed by atoms with van der Waals surface area (Å²) in [5.41, 5.74) is 0.849. The van der Waals surface area contributed by atoms with Gasteiger partial charge in [-0.2, -0.15) is 10.2 Å². The minimum atomic E-state index is -0.171. The maximum absolute atomic E-state index is 12.3. The molecule has 1 amide bonds. The molecule has 0 bridgehead atoms. The number of nitrogens with zero attached hydrogens (tertiary/aromatic N) is 5. The second kappa shape index (κ2) is 7.25. The lowest BCUT2D eigenvalue weighted by molar-refractivity contribution is -0.115. The van der Waals surface area contributed by atoms with Crippen LogP contribution < -0.4 is 5.32 Å². The third kappa shape index (κ3) is 3.90. The van der Waals surface area contributed by atoms with Crippen molar-refractivity contribution in [2.75, 3.05) is 5.32 Å². The van der Waals surface area contributed by atoms with Crippen molar-refractivity contribution < 1.29 is 4.79 Å². The predicted molar refractivity (Wildman–Crippen MR) is 93.7 cm³/mol. The second-order valence-electron chi connectivity index (χ2n) is 6.21. The van der Waals surface area contributed by atoms with E-state index in [1.54, 1.807) is 24.7 Å². The van der Waals surface area contributed by atoms with Crippen LogP contribution in [-0.4, -0.2) is 35.9 Å². The van der Waals surface area contributed by atoms with E-state index in [4.69, 9.17) is 0 Å². The topological polar surface area (TPSA) is 101 Å². The third-order valence-corrected chi connectivity index (χ3v) is 4.09. The molecular formula is C17H21N7O. The predicted octanol–water partition coefficient (Wildman–Crippen LogP) is 2.46. The zero-order valence-corrected chi connectivity index (χ0v) is 14.5. The molecule has 3 aromatic rings. The number of anilines is 1. The van der Waals surface area contributed by atoms with Crippen LogP contribution in [0, 0.1) is 5.92 Å². The molecule has 0 aliphatic heterocycles. The zero-order valence-electron chi connectivity index (χ0n) is 14.5. The van der Waals surface area contributed by atoms with Crippen LogP contribution in [0.15, 0.2) is 36.8 Å². The molecule has 0 aliphatic carbocycles. The Bertz CT molecular complexity index is 838. The molecule has 3 aromatic heterocycles. The highest BCUT2D eigenvalue weighted by Crippen LogP contribution is 2.21. The number of pyridine rings is 1. The molecule has 1 atom stereocenters. The molecule has 0 saturated carbocycles. The summed E-state index contributed by atoms with van der Waals surface area (Å²) in [6.07, 6.45) is 5.15. The number of rotatable bonds is 6. The number of carbonyl (C=O) groups is 1. The molecule has 0 radical (unpaired) electrons. The highest BCUT2D eigenvalue weighted by molar-refractivity contribution is 5.91. The van der Waals surface area contributed by atoms with E-state index in [1.807, 2.05) is 16.8 Å². The fourth-order valence-corrected chi connectivity index (χ4v) is 2.36. The Balaban J connectivity index is 1.66. The Hall–Kier alpha value is -3.03. The first-order valence-electron chi connectivity index (χ1n) is 8.19. The first-order valence-corrected chi connectivity index (χ1v) is 8.19. The number of H-pyrrole nitrogens is 1. The van der Waals surface area contributed by atoms with Gasteiger partial charge in [0.25, 0.3) is 0 Å². The van der Waals surface area contributed by atoms with E-state index in [9.17, 15) is 4.79 Å². The first kappa shape index (κ1) is 16.8. The van der Waals surface area contributed by atoms with Crippen molar-refractivity contribution >= 4 is 11.7 Å². The second-order valence-corrected chi connectivity index (χ2v) is 6.21. The number of aromatic amines is 1. The molecule has 8 heteroatoms. The molecule has 0 fully saturated rings. The van der Waals surface area contributed by atoms with Crippen LogP contribution in [-0.2, 0) is 11.2 Å². The molecule has 25 heavy (non-hydrogen) atoms. The maximum atomic E-state index is 12.3. The van der Waals surface area contributed by atoms with Crippen molar-refractivity contribution in [3.05, 3.63) is 42.6 Å². The molecule has 0 aliphatic rings. The van der Waals surface area contributed by atoms with Crippen molar-refractivity contribution in [3.63, 3.8) is 0 Å². The Labute approximate surface area is 145 Å². The third-order valence-electron chi connectivity index (χ3n) is 4.09. The maximum Gasteiger partial charge on any atom is 0.233 e. The van der Waals surface area contributed by atoms with Gasteiger partial charge in [-0.1, -0.05) is 13.8 Å². The lowest BCUT2D eigenvalue weighted by atomic mass is 10.1. The normalized spacial score (nSPS) is 12.3. The summed E-state index contributed by atoms with van der Waals surface area (Å²) in [4.78, 5) is 20.6. The number of amides is 1. The molecule has 3 heterocycles. The van der Waals surface area contributed by atoms with Crippen LogP contribution in [0.3, 0.4) is 0 Å². The number of carbonyl (C=O) groups excluding carboxylic acids is 1. The minimum absolute atomic E-state index is 0.110. The lowest BCUT2D eigenvalue weighted by Gasteiger charge is -2.19. The standard InChI is InChI=1S/C17H21N7O/c1-11(2)12(3)24-15(6-9-19-24)21-16(25)10-14-20-17(23-22-14)13-4-7-18-8-5-13/h4-9,11-12H,10H2,1-3H3,(H,21,25)(H,20,22,23)/t12-/m0/s1. The fourth-order valence-electron chi connectivity index (χ4n) is 2.36. The van der Waals surface area contributed by atoms with Gasteiger partial charge in [0.1, 0.15) is 11.6 Å². The van der Waals surface area contributed by atoms with E-state index in [2.05, 4.69) is 51.4 Å². The molecule has 0 spiro atoms. The average molecular weight is 339 g/mol. The van der Waals surface area contributed by atoms with Crippen molar-refractivity contribution in [2.45, 2.75) is 33.2 Å². The summed E-state index contributed by atoms with van der Waals surface area (Å²) >= 11 is 0. The van der Waals surface area contributed by atoms with Crippen LogP contribution in [0.5, 0.6) is 0 Å². The highest BCUT2D eigenvalue weighted by atomic mass is 16.1. The summed E-state index contributed by atoms with van der Waals surface area (Å²) in [7, 11) is 0. The molecular weight excluding hydrogens is 318 g/mol. The summed E-state index contributed by atoms with van der Waals surface area (Å²) < 4.78 is 1.82. The molecule has 0 saturated heterocycles. The van der Waals surface area contributed by atoms with Crippen LogP contribution in [0.2, 0.25) is 0 Å². The van der Waals surface area contributed by atoms with E-state index in [-0.39, 0.29) is 18.4 Å². The van der Waals surface area contributed by atoms with E-state index >= 15 is 0 Å². The average Bonchev–Trinajstić information content (AvgIpc) is 3.24. The number of hydrogen-bond acceptors (Lipinski definition) is 5. The number of nitrogens with one attached hydrogen (secondary N) is 2. The van der Waals surface area contributed by atoms with E-state index in [0.29, 0.717) is 23.4 Å². The molecule has 0 unspecified atom stereocenters. The van der Waals surface area contributed by atoms with Crippen LogP contribution >= 0.6 is 0 Å². The summed E-state index contributed by atoms with van der Waals surface area (Å²) in [5.74, 6) is 1.97. The Morgan fingerprint density at radius 1 is 1.20 bits per heavy atom. The van der Waals surface area contributed by atoms with Gasteiger partial charge in [-0.25, -0.2) is 9.67 Å². The van der Waals surface area contributed by atoms with E-state index in [0.717, 1.165) is 5.56 Å². The number of aromatic nitrogens is 6. The number of hydrogen-bond donors (Lipinski definition) is 2. The molecule has 2 N–H and O–H groups in total.